The summed E-state index contributed by atoms with van der Waals surface area (Å²) in [5, 5.41) is 16.5. The number of hydrogen-bond donors (Lipinski definition) is 0. The molecule has 1 saturated heterocycles. The normalized spacial score (nSPS) is 16.1. The molecule has 0 saturated carbocycles. The van der Waals surface area contributed by atoms with Gasteiger partial charge in [-0.05, 0) is 12.1 Å². The summed E-state index contributed by atoms with van der Waals surface area (Å²) in [4.78, 5) is 9.05. The molecule has 8 heteroatoms. The summed E-state index contributed by atoms with van der Waals surface area (Å²) in [5.41, 5.74) is 0.708. The molecule has 0 bridgehead atoms. The van der Waals surface area contributed by atoms with E-state index in [0.29, 0.717) is 0 Å². The smallest absolute Gasteiger partial charge is 0.185 e. The Kier molecular flexibility index (Phi) is 3.64. The lowest BCUT2D eigenvalue weighted by Crippen LogP contribution is -2.47. The molecule has 0 unspecified atom stereocenters. The van der Waals surface area contributed by atoms with Crippen molar-refractivity contribution in [2.24, 2.45) is 0 Å². The predicted octanol–water partition coefficient (Wildman–Crippen LogP) is 2.20. The maximum absolute atomic E-state index is 4.80. The molecule has 0 N–H and O–H groups in total. The van der Waals surface area contributed by atoms with E-state index in [0.717, 1.165) is 48.6 Å². The van der Waals surface area contributed by atoms with Crippen LogP contribution < -0.4 is 9.80 Å². The van der Waals surface area contributed by atoms with Crippen LogP contribution in [0, 0.1) is 0 Å². The van der Waals surface area contributed by atoms with Gasteiger partial charge in [0.2, 0.25) is 0 Å². The molecule has 1 aliphatic rings. The third-order valence-electron chi connectivity index (χ3n) is 4.21. The van der Waals surface area contributed by atoms with Crippen molar-refractivity contribution >= 4 is 27.9 Å². The molecule has 1 fully saturated rings. The first kappa shape index (κ1) is 15.3. The molecule has 0 spiro atoms. The molecule has 7 nitrogen and oxygen atoms in total. The van der Waals surface area contributed by atoms with Crippen molar-refractivity contribution in [1.29, 1.82) is 0 Å². The Morgan fingerprint density at radius 2 is 1.75 bits per heavy atom. The molecule has 3 aromatic rings. The average molecular weight is 343 g/mol. The number of piperazine rings is 1. The minimum atomic E-state index is -0.0887. The van der Waals surface area contributed by atoms with E-state index in [1.54, 1.807) is 11.3 Å². The first-order valence-electron chi connectivity index (χ1n) is 8.15. The lowest BCUT2D eigenvalue weighted by Gasteiger charge is -2.35. The van der Waals surface area contributed by atoms with Crippen molar-refractivity contribution in [1.82, 2.24) is 24.8 Å². The van der Waals surface area contributed by atoms with Crippen LogP contribution in [0.5, 0.6) is 0 Å². The van der Waals surface area contributed by atoms with Gasteiger partial charge in [0.15, 0.2) is 16.6 Å². The van der Waals surface area contributed by atoms with Crippen molar-refractivity contribution in [2.75, 3.05) is 36.0 Å². The number of thiazole rings is 1. The van der Waals surface area contributed by atoms with E-state index in [1.165, 1.54) is 0 Å². The highest BCUT2D eigenvalue weighted by Crippen LogP contribution is 2.23. The minimum Gasteiger partial charge on any atom is -0.352 e. The number of hydrogen-bond acceptors (Lipinski definition) is 7. The zero-order valence-electron chi connectivity index (χ0n) is 14.2. The van der Waals surface area contributed by atoms with Crippen LogP contribution in [-0.4, -0.2) is 51.0 Å². The molecule has 0 aromatic carbocycles. The average Bonchev–Trinajstić information content (AvgIpc) is 3.23. The molecule has 0 amide bonds. The Hall–Kier alpha value is -2.22. The SMILES string of the molecule is CC(C)(C)c1nnc2ccc(N3CCN(c4nccs4)CC3)nn12. The quantitative estimate of drug-likeness (QED) is 0.711. The molecule has 24 heavy (non-hydrogen) atoms. The van der Waals surface area contributed by atoms with E-state index < -0.39 is 0 Å². The lowest BCUT2D eigenvalue weighted by atomic mass is 9.96. The maximum atomic E-state index is 4.80. The van der Waals surface area contributed by atoms with E-state index >= 15 is 0 Å². The van der Waals surface area contributed by atoms with Crippen molar-refractivity contribution in [2.45, 2.75) is 26.2 Å². The van der Waals surface area contributed by atoms with Gasteiger partial charge in [-0.1, -0.05) is 20.8 Å². The van der Waals surface area contributed by atoms with Gasteiger partial charge in [0.1, 0.15) is 5.82 Å². The van der Waals surface area contributed by atoms with E-state index in [-0.39, 0.29) is 5.41 Å². The summed E-state index contributed by atoms with van der Waals surface area (Å²) >= 11 is 1.69. The van der Waals surface area contributed by atoms with Crippen LogP contribution >= 0.6 is 11.3 Å². The second kappa shape index (κ2) is 5.70. The van der Waals surface area contributed by atoms with Gasteiger partial charge in [0.25, 0.3) is 0 Å². The number of aromatic nitrogens is 5. The van der Waals surface area contributed by atoms with Gasteiger partial charge in [-0.2, -0.15) is 4.52 Å². The summed E-state index contributed by atoms with van der Waals surface area (Å²) < 4.78 is 1.88. The lowest BCUT2D eigenvalue weighted by molar-refractivity contribution is 0.525. The largest absolute Gasteiger partial charge is 0.352 e. The zero-order chi connectivity index (χ0) is 16.7. The van der Waals surface area contributed by atoms with E-state index in [4.69, 9.17) is 5.10 Å². The minimum absolute atomic E-state index is 0.0887. The maximum Gasteiger partial charge on any atom is 0.185 e. The van der Waals surface area contributed by atoms with Gasteiger partial charge in [-0.3, -0.25) is 0 Å². The number of nitrogens with zero attached hydrogens (tertiary/aromatic N) is 7. The molecule has 4 heterocycles. The van der Waals surface area contributed by atoms with Crippen molar-refractivity contribution in [3.8, 4) is 0 Å². The Labute approximate surface area is 144 Å². The van der Waals surface area contributed by atoms with Crippen LogP contribution in [0.4, 0.5) is 10.9 Å². The van der Waals surface area contributed by atoms with Crippen LogP contribution in [0.25, 0.3) is 5.65 Å². The van der Waals surface area contributed by atoms with E-state index in [2.05, 4.69) is 45.8 Å². The van der Waals surface area contributed by atoms with Crippen LogP contribution in [0.15, 0.2) is 23.7 Å². The molecule has 0 atom stereocenters. The molecule has 0 radical (unpaired) electrons. The highest BCUT2D eigenvalue weighted by atomic mass is 32.1. The summed E-state index contributed by atoms with van der Waals surface area (Å²) in [7, 11) is 0. The van der Waals surface area contributed by atoms with Gasteiger partial charge in [-0.15, -0.1) is 26.6 Å². The first-order chi connectivity index (χ1) is 11.5. The Morgan fingerprint density at radius 3 is 2.42 bits per heavy atom. The monoisotopic (exact) mass is 343 g/mol. The fraction of sp³-hybridized carbons (Fsp3) is 0.500. The van der Waals surface area contributed by atoms with E-state index in [9.17, 15) is 0 Å². The summed E-state index contributed by atoms with van der Waals surface area (Å²) in [6.07, 6.45) is 1.86. The van der Waals surface area contributed by atoms with Crippen molar-refractivity contribution < 1.29 is 0 Å². The third kappa shape index (κ3) is 2.71. The first-order valence-corrected chi connectivity index (χ1v) is 9.03. The van der Waals surface area contributed by atoms with Crippen LogP contribution in [-0.2, 0) is 5.41 Å². The van der Waals surface area contributed by atoms with Gasteiger partial charge >= 0.3 is 0 Å². The number of fused-ring (bicyclic) bond motifs is 1. The Bertz CT molecular complexity index is 826. The highest BCUT2D eigenvalue weighted by molar-refractivity contribution is 7.13. The van der Waals surface area contributed by atoms with Crippen molar-refractivity contribution in [3.05, 3.63) is 29.5 Å². The van der Waals surface area contributed by atoms with Gasteiger partial charge in [0, 0.05) is 43.2 Å². The van der Waals surface area contributed by atoms with Crippen LogP contribution in [0.2, 0.25) is 0 Å². The molecule has 1 aliphatic heterocycles. The standard InChI is InChI=1S/C16H21N7S/c1-16(2,3)14-19-18-12-4-5-13(20-23(12)14)21-7-9-22(10-8-21)15-17-6-11-24-15/h4-6,11H,7-10H2,1-3H3. The highest BCUT2D eigenvalue weighted by Gasteiger charge is 2.24. The van der Waals surface area contributed by atoms with Gasteiger partial charge < -0.3 is 9.80 Å². The fourth-order valence-corrected chi connectivity index (χ4v) is 3.61. The summed E-state index contributed by atoms with van der Waals surface area (Å²) in [6.45, 7) is 10.2. The van der Waals surface area contributed by atoms with E-state index in [1.807, 2.05) is 28.2 Å². The molecule has 4 rings (SSSR count). The van der Waals surface area contributed by atoms with Gasteiger partial charge in [-0.25, -0.2) is 4.98 Å². The van der Waals surface area contributed by atoms with Crippen molar-refractivity contribution in [3.63, 3.8) is 0 Å². The second-order valence-corrected chi connectivity index (χ2v) is 7.90. The zero-order valence-corrected chi connectivity index (χ0v) is 15.0. The molecular formula is C16H21N7S. The topological polar surface area (TPSA) is 62.5 Å². The molecular weight excluding hydrogens is 322 g/mol. The van der Waals surface area contributed by atoms with Crippen LogP contribution in [0.3, 0.4) is 0 Å². The Balaban J connectivity index is 1.57. The molecule has 126 valence electrons. The number of rotatable bonds is 2. The van der Waals surface area contributed by atoms with Crippen LogP contribution in [0.1, 0.15) is 26.6 Å². The van der Waals surface area contributed by atoms with Gasteiger partial charge in [0.05, 0.1) is 0 Å². The summed E-state index contributed by atoms with van der Waals surface area (Å²) in [6, 6.07) is 4.03. The number of anilines is 2. The fourth-order valence-electron chi connectivity index (χ4n) is 2.91. The summed E-state index contributed by atoms with van der Waals surface area (Å²) in [5.74, 6) is 1.87. The molecule has 0 aliphatic carbocycles. The molecule has 3 aromatic heterocycles. The second-order valence-electron chi connectivity index (χ2n) is 7.02. The predicted molar refractivity (Wildman–Crippen MR) is 96.0 cm³/mol. The Morgan fingerprint density at radius 1 is 1.00 bits per heavy atom. The third-order valence-corrected chi connectivity index (χ3v) is 5.05.